The summed E-state index contributed by atoms with van der Waals surface area (Å²) in [5, 5.41) is 11.8. The second-order valence-electron chi connectivity index (χ2n) is 7.56. The van der Waals surface area contributed by atoms with E-state index in [0.29, 0.717) is 12.0 Å². The molecular formula is C20H25N7O. The number of morpholine rings is 1. The third-order valence-electron chi connectivity index (χ3n) is 5.81. The van der Waals surface area contributed by atoms with Gasteiger partial charge in [0.1, 0.15) is 23.8 Å². The molecule has 0 spiro atoms. The minimum absolute atomic E-state index is 0.412. The molecule has 5 rings (SSSR count). The van der Waals surface area contributed by atoms with Gasteiger partial charge >= 0.3 is 0 Å². The van der Waals surface area contributed by atoms with Crippen LogP contribution in [0.1, 0.15) is 37.4 Å². The van der Waals surface area contributed by atoms with Crippen molar-refractivity contribution in [1.82, 2.24) is 25.1 Å². The first-order chi connectivity index (χ1) is 13.9. The van der Waals surface area contributed by atoms with Crippen LogP contribution in [0.25, 0.3) is 10.9 Å². The maximum atomic E-state index is 5.49. The number of H-pyrrole nitrogens is 1. The summed E-state index contributed by atoms with van der Waals surface area (Å²) in [6, 6.07) is 6.58. The first-order valence-corrected chi connectivity index (χ1v) is 10.1. The fraction of sp³-hybridized carbons (Fsp3) is 0.500. The van der Waals surface area contributed by atoms with Gasteiger partial charge in [-0.3, -0.25) is 10.1 Å². The van der Waals surface area contributed by atoms with Crippen LogP contribution in [0.15, 0.2) is 30.7 Å². The number of pyridine rings is 2. The maximum absolute atomic E-state index is 5.49. The van der Waals surface area contributed by atoms with Gasteiger partial charge in [0.15, 0.2) is 0 Å². The van der Waals surface area contributed by atoms with Crippen molar-refractivity contribution in [2.45, 2.75) is 37.6 Å². The first kappa shape index (κ1) is 17.4. The SMILES string of the molecule is c1cnc2cc(N3CCOCC3)nc(NC3CCC(c4ncn[nH]4)CC3)c2c1. The van der Waals surface area contributed by atoms with Crippen molar-refractivity contribution in [3.8, 4) is 0 Å². The smallest absolute Gasteiger partial charge is 0.138 e. The van der Waals surface area contributed by atoms with Crippen LogP contribution in [-0.2, 0) is 4.74 Å². The number of hydrogen-bond acceptors (Lipinski definition) is 7. The first-order valence-electron chi connectivity index (χ1n) is 10.1. The Kier molecular flexibility index (Phi) is 4.78. The highest BCUT2D eigenvalue weighted by atomic mass is 16.5. The average Bonchev–Trinajstić information content (AvgIpc) is 3.30. The Morgan fingerprint density at radius 1 is 1.11 bits per heavy atom. The number of aromatic amines is 1. The van der Waals surface area contributed by atoms with E-state index in [2.05, 4.69) is 42.5 Å². The summed E-state index contributed by atoms with van der Waals surface area (Å²) >= 11 is 0. The van der Waals surface area contributed by atoms with Crippen LogP contribution >= 0.6 is 0 Å². The largest absolute Gasteiger partial charge is 0.378 e. The summed E-state index contributed by atoms with van der Waals surface area (Å²) in [6.07, 6.45) is 7.84. The van der Waals surface area contributed by atoms with Crippen LogP contribution in [0.2, 0.25) is 0 Å². The summed E-state index contributed by atoms with van der Waals surface area (Å²) in [6.45, 7) is 3.23. The number of fused-ring (bicyclic) bond motifs is 1. The summed E-state index contributed by atoms with van der Waals surface area (Å²) in [4.78, 5) is 16.2. The van der Waals surface area contributed by atoms with Gasteiger partial charge in [-0.25, -0.2) is 9.97 Å². The topological polar surface area (TPSA) is 91.8 Å². The lowest BCUT2D eigenvalue weighted by atomic mass is 9.85. The van der Waals surface area contributed by atoms with E-state index in [0.717, 1.165) is 80.3 Å². The number of nitrogens with one attached hydrogen (secondary N) is 2. The van der Waals surface area contributed by atoms with Gasteiger partial charge in [0, 0.05) is 42.7 Å². The molecule has 28 heavy (non-hydrogen) atoms. The molecule has 4 heterocycles. The summed E-state index contributed by atoms with van der Waals surface area (Å²) in [5.41, 5.74) is 0.983. The number of nitrogens with zero attached hydrogens (tertiary/aromatic N) is 5. The highest BCUT2D eigenvalue weighted by Crippen LogP contribution is 2.33. The molecule has 2 fully saturated rings. The molecule has 1 saturated carbocycles. The fourth-order valence-corrected chi connectivity index (χ4v) is 4.24. The zero-order valence-corrected chi connectivity index (χ0v) is 15.8. The highest BCUT2D eigenvalue weighted by Gasteiger charge is 2.25. The maximum Gasteiger partial charge on any atom is 0.138 e. The lowest BCUT2D eigenvalue weighted by Gasteiger charge is -2.30. The molecule has 0 unspecified atom stereocenters. The molecule has 1 aliphatic carbocycles. The van der Waals surface area contributed by atoms with Crippen LogP contribution in [0, 0.1) is 0 Å². The van der Waals surface area contributed by atoms with Gasteiger partial charge in [-0.1, -0.05) is 0 Å². The fourth-order valence-electron chi connectivity index (χ4n) is 4.24. The van der Waals surface area contributed by atoms with Crippen molar-refractivity contribution in [2.24, 2.45) is 0 Å². The van der Waals surface area contributed by atoms with Gasteiger partial charge in [0.2, 0.25) is 0 Å². The minimum Gasteiger partial charge on any atom is -0.378 e. The third kappa shape index (κ3) is 3.52. The van der Waals surface area contributed by atoms with E-state index in [4.69, 9.17) is 9.72 Å². The van der Waals surface area contributed by atoms with Crippen LogP contribution in [-0.4, -0.2) is 57.5 Å². The Balaban J connectivity index is 1.36. The molecule has 146 valence electrons. The lowest BCUT2D eigenvalue weighted by molar-refractivity contribution is 0.122. The van der Waals surface area contributed by atoms with Crippen molar-refractivity contribution in [2.75, 3.05) is 36.5 Å². The Morgan fingerprint density at radius 3 is 2.75 bits per heavy atom. The van der Waals surface area contributed by atoms with Crippen LogP contribution in [0.5, 0.6) is 0 Å². The van der Waals surface area contributed by atoms with Gasteiger partial charge in [-0.15, -0.1) is 0 Å². The molecule has 1 saturated heterocycles. The molecule has 8 nitrogen and oxygen atoms in total. The molecule has 3 aromatic heterocycles. The van der Waals surface area contributed by atoms with Crippen molar-refractivity contribution in [3.63, 3.8) is 0 Å². The predicted octanol–water partition coefficient (Wildman–Crippen LogP) is 2.72. The Labute approximate surface area is 163 Å². The van der Waals surface area contributed by atoms with E-state index in [1.54, 1.807) is 6.33 Å². The number of hydrogen-bond donors (Lipinski definition) is 2. The summed E-state index contributed by atoms with van der Waals surface area (Å²) in [5.74, 6) is 3.41. The molecule has 1 aliphatic heterocycles. The highest BCUT2D eigenvalue weighted by molar-refractivity contribution is 5.91. The van der Waals surface area contributed by atoms with E-state index >= 15 is 0 Å². The molecule has 0 radical (unpaired) electrons. The Bertz CT molecular complexity index is 915. The standard InChI is InChI=1S/C20H25N7O/c1-2-16-17(21-7-1)12-18(27-8-10-28-11-9-27)25-20(16)24-15-5-3-14(4-6-15)19-22-13-23-26-19/h1-2,7,12-15H,3-6,8-11H2,(H,24,25)(H,22,23,26). The summed E-state index contributed by atoms with van der Waals surface area (Å²) in [7, 11) is 0. The van der Waals surface area contributed by atoms with E-state index in [-0.39, 0.29) is 0 Å². The van der Waals surface area contributed by atoms with E-state index in [1.807, 2.05) is 12.3 Å². The third-order valence-corrected chi connectivity index (χ3v) is 5.81. The summed E-state index contributed by atoms with van der Waals surface area (Å²) < 4.78 is 5.49. The Hall–Kier alpha value is -2.74. The molecular weight excluding hydrogens is 354 g/mol. The van der Waals surface area contributed by atoms with Crippen LogP contribution in [0.4, 0.5) is 11.6 Å². The molecule has 2 aliphatic rings. The number of anilines is 2. The van der Waals surface area contributed by atoms with Crippen molar-refractivity contribution in [1.29, 1.82) is 0 Å². The van der Waals surface area contributed by atoms with E-state index in [1.165, 1.54) is 0 Å². The van der Waals surface area contributed by atoms with Gasteiger partial charge in [0.25, 0.3) is 0 Å². The molecule has 0 atom stereocenters. The van der Waals surface area contributed by atoms with Crippen LogP contribution < -0.4 is 10.2 Å². The zero-order valence-electron chi connectivity index (χ0n) is 15.8. The van der Waals surface area contributed by atoms with Gasteiger partial charge in [-0.05, 0) is 37.8 Å². The van der Waals surface area contributed by atoms with Crippen molar-refractivity contribution in [3.05, 3.63) is 36.5 Å². The quantitative estimate of drug-likeness (QED) is 0.720. The lowest BCUT2D eigenvalue weighted by Crippen LogP contribution is -2.37. The Morgan fingerprint density at radius 2 is 1.96 bits per heavy atom. The normalized spacial score (nSPS) is 23.1. The monoisotopic (exact) mass is 379 g/mol. The minimum atomic E-state index is 0.412. The van der Waals surface area contributed by atoms with Gasteiger partial charge in [0.05, 0.1) is 18.7 Å². The van der Waals surface area contributed by atoms with E-state index in [9.17, 15) is 0 Å². The van der Waals surface area contributed by atoms with Gasteiger partial charge in [-0.2, -0.15) is 5.10 Å². The van der Waals surface area contributed by atoms with E-state index < -0.39 is 0 Å². The number of rotatable bonds is 4. The van der Waals surface area contributed by atoms with Crippen molar-refractivity contribution < 1.29 is 4.74 Å². The number of aromatic nitrogens is 5. The average molecular weight is 379 g/mol. The molecule has 0 aromatic carbocycles. The second kappa shape index (κ2) is 7.71. The predicted molar refractivity (Wildman–Crippen MR) is 108 cm³/mol. The zero-order chi connectivity index (χ0) is 18.8. The molecule has 2 N–H and O–H groups in total. The second-order valence-corrected chi connectivity index (χ2v) is 7.56. The van der Waals surface area contributed by atoms with Crippen LogP contribution in [0.3, 0.4) is 0 Å². The molecule has 8 heteroatoms. The molecule has 0 amide bonds. The number of ether oxygens (including phenoxy) is 1. The molecule has 0 bridgehead atoms. The molecule has 3 aromatic rings. The van der Waals surface area contributed by atoms with Crippen molar-refractivity contribution >= 4 is 22.5 Å². The van der Waals surface area contributed by atoms with Gasteiger partial charge < -0.3 is 15.0 Å².